The summed E-state index contributed by atoms with van der Waals surface area (Å²) in [5.74, 6) is 0.817. The Bertz CT molecular complexity index is 288. The number of amides is 1. The highest BCUT2D eigenvalue weighted by atomic mass is 16.5. The van der Waals surface area contributed by atoms with E-state index in [1.807, 2.05) is 11.8 Å². The molecule has 0 atom stereocenters. The van der Waals surface area contributed by atoms with Crippen molar-refractivity contribution in [2.45, 2.75) is 26.2 Å². The Labute approximate surface area is 115 Å². The van der Waals surface area contributed by atoms with E-state index in [-0.39, 0.29) is 12.5 Å². The van der Waals surface area contributed by atoms with Crippen LogP contribution in [0.2, 0.25) is 0 Å². The normalized spacial score (nSPS) is 15.7. The van der Waals surface area contributed by atoms with Crippen LogP contribution >= 0.6 is 0 Å². The molecule has 0 saturated carbocycles. The summed E-state index contributed by atoms with van der Waals surface area (Å²) in [6.45, 7) is 6.29. The van der Waals surface area contributed by atoms with Crippen LogP contribution in [-0.2, 0) is 9.53 Å². The van der Waals surface area contributed by atoms with E-state index < -0.39 is 0 Å². The van der Waals surface area contributed by atoms with Gasteiger partial charge in [-0.05, 0) is 26.2 Å². The number of likely N-dealkylation sites (tertiary alicyclic amines) is 1. The van der Waals surface area contributed by atoms with E-state index in [2.05, 4.69) is 15.6 Å². The van der Waals surface area contributed by atoms with E-state index in [1.54, 1.807) is 7.11 Å². The molecule has 1 aliphatic heterocycles. The van der Waals surface area contributed by atoms with Crippen LogP contribution < -0.4 is 10.6 Å². The maximum atomic E-state index is 11.9. The number of carbonyl (C=O) groups excluding carboxylic acids is 1. The van der Waals surface area contributed by atoms with Gasteiger partial charge in [-0.3, -0.25) is 4.79 Å². The average Bonchev–Trinajstić information content (AvgIpc) is 2.94. The maximum Gasteiger partial charge on any atom is 0.244 e. The van der Waals surface area contributed by atoms with E-state index in [0.717, 1.165) is 52.0 Å². The Kier molecular flexibility index (Phi) is 7.97. The minimum absolute atomic E-state index is 0.117. The molecule has 0 spiro atoms. The number of guanidine groups is 1. The molecular weight excluding hydrogens is 244 g/mol. The molecule has 1 saturated heterocycles. The van der Waals surface area contributed by atoms with Crippen LogP contribution in [0, 0.1) is 0 Å². The van der Waals surface area contributed by atoms with Crippen LogP contribution in [0.4, 0.5) is 0 Å². The predicted molar refractivity (Wildman–Crippen MR) is 76.3 cm³/mol. The van der Waals surface area contributed by atoms with Gasteiger partial charge in [0.15, 0.2) is 5.96 Å². The first-order valence-corrected chi connectivity index (χ1v) is 7.06. The third-order valence-corrected chi connectivity index (χ3v) is 2.99. The number of aliphatic imine (C=N–C) groups is 1. The molecular formula is C13H26N4O2. The third-order valence-electron chi connectivity index (χ3n) is 2.99. The lowest BCUT2D eigenvalue weighted by molar-refractivity contribution is -0.128. The average molecular weight is 270 g/mol. The van der Waals surface area contributed by atoms with Gasteiger partial charge in [-0.25, -0.2) is 4.99 Å². The molecule has 0 aromatic carbocycles. The number of hydrogen-bond donors (Lipinski definition) is 2. The fraction of sp³-hybridized carbons (Fsp3) is 0.846. The number of methoxy groups -OCH3 is 1. The molecule has 6 heteroatoms. The zero-order chi connectivity index (χ0) is 13.9. The highest BCUT2D eigenvalue weighted by Gasteiger charge is 2.17. The van der Waals surface area contributed by atoms with Crippen molar-refractivity contribution >= 4 is 11.9 Å². The highest BCUT2D eigenvalue weighted by molar-refractivity contribution is 5.85. The summed E-state index contributed by atoms with van der Waals surface area (Å²) >= 11 is 0. The van der Waals surface area contributed by atoms with Crippen molar-refractivity contribution in [1.29, 1.82) is 0 Å². The van der Waals surface area contributed by atoms with Gasteiger partial charge in [0.2, 0.25) is 5.91 Å². The van der Waals surface area contributed by atoms with Gasteiger partial charge in [-0.2, -0.15) is 0 Å². The van der Waals surface area contributed by atoms with Gasteiger partial charge in [-0.15, -0.1) is 0 Å². The summed E-state index contributed by atoms with van der Waals surface area (Å²) in [5.41, 5.74) is 0. The standard InChI is InChI=1S/C13H26N4O2/c1-3-14-13(15-7-6-10-19-2)16-11-12(18)17-8-4-5-9-17/h3-11H2,1-2H3,(H2,14,15,16). The molecule has 1 amide bonds. The fourth-order valence-electron chi connectivity index (χ4n) is 1.98. The molecule has 110 valence electrons. The molecule has 1 rings (SSSR count). The van der Waals surface area contributed by atoms with Gasteiger partial charge in [-0.1, -0.05) is 0 Å². The first-order chi connectivity index (χ1) is 9.27. The van der Waals surface area contributed by atoms with E-state index in [4.69, 9.17) is 4.74 Å². The molecule has 1 fully saturated rings. The third kappa shape index (κ3) is 6.42. The Morgan fingerprint density at radius 3 is 2.68 bits per heavy atom. The molecule has 1 heterocycles. The number of carbonyl (C=O) groups is 1. The lowest BCUT2D eigenvalue weighted by Crippen LogP contribution is -2.39. The number of hydrogen-bond acceptors (Lipinski definition) is 3. The van der Waals surface area contributed by atoms with E-state index in [9.17, 15) is 4.79 Å². The van der Waals surface area contributed by atoms with Crippen molar-refractivity contribution in [2.24, 2.45) is 4.99 Å². The molecule has 6 nitrogen and oxygen atoms in total. The molecule has 0 aliphatic carbocycles. The monoisotopic (exact) mass is 270 g/mol. The first-order valence-electron chi connectivity index (χ1n) is 7.06. The number of ether oxygens (including phenoxy) is 1. The van der Waals surface area contributed by atoms with Gasteiger partial charge in [0.25, 0.3) is 0 Å². The largest absolute Gasteiger partial charge is 0.385 e. The number of nitrogens with zero attached hydrogens (tertiary/aromatic N) is 2. The van der Waals surface area contributed by atoms with Crippen molar-refractivity contribution in [1.82, 2.24) is 15.5 Å². The van der Waals surface area contributed by atoms with Crippen molar-refractivity contribution < 1.29 is 9.53 Å². The highest BCUT2D eigenvalue weighted by Crippen LogP contribution is 2.07. The van der Waals surface area contributed by atoms with Gasteiger partial charge in [0.1, 0.15) is 6.54 Å². The molecule has 0 unspecified atom stereocenters. The molecule has 2 N–H and O–H groups in total. The van der Waals surface area contributed by atoms with E-state index >= 15 is 0 Å². The lowest BCUT2D eigenvalue weighted by Gasteiger charge is -2.15. The zero-order valence-electron chi connectivity index (χ0n) is 12.1. The second-order valence-corrected chi connectivity index (χ2v) is 4.56. The topological polar surface area (TPSA) is 66.0 Å². The summed E-state index contributed by atoms with van der Waals surface area (Å²) in [6, 6.07) is 0. The summed E-state index contributed by atoms with van der Waals surface area (Å²) < 4.78 is 4.99. The second kappa shape index (κ2) is 9.61. The molecule has 0 aromatic rings. The predicted octanol–water partition coefficient (Wildman–Crippen LogP) is 0.200. The molecule has 1 aliphatic rings. The van der Waals surface area contributed by atoms with Crippen molar-refractivity contribution in [3.8, 4) is 0 Å². The minimum atomic E-state index is 0.117. The van der Waals surface area contributed by atoms with Crippen molar-refractivity contribution in [3.63, 3.8) is 0 Å². The summed E-state index contributed by atoms with van der Waals surface area (Å²) in [5, 5.41) is 6.32. The van der Waals surface area contributed by atoms with Crippen LogP contribution in [0.3, 0.4) is 0 Å². The summed E-state index contributed by atoms with van der Waals surface area (Å²) in [7, 11) is 1.69. The summed E-state index contributed by atoms with van der Waals surface area (Å²) in [6.07, 6.45) is 3.15. The number of nitrogens with one attached hydrogen (secondary N) is 2. The van der Waals surface area contributed by atoms with Crippen LogP contribution in [0.15, 0.2) is 4.99 Å². The Balaban J connectivity index is 2.31. The number of rotatable bonds is 7. The SMILES string of the molecule is CCNC(=NCC(=O)N1CCCC1)NCCCOC. The zero-order valence-corrected chi connectivity index (χ0v) is 12.1. The van der Waals surface area contributed by atoms with Crippen LogP contribution in [-0.4, -0.2) is 63.2 Å². The van der Waals surface area contributed by atoms with Crippen LogP contribution in [0.5, 0.6) is 0 Å². The van der Waals surface area contributed by atoms with Crippen molar-refractivity contribution in [3.05, 3.63) is 0 Å². The van der Waals surface area contributed by atoms with Crippen LogP contribution in [0.1, 0.15) is 26.2 Å². The Hall–Kier alpha value is -1.30. The Morgan fingerprint density at radius 2 is 2.05 bits per heavy atom. The maximum absolute atomic E-state index is 11.9. The first kappa shape index (κ1) is 15.8. The fourth-order valence-corrected chi connectivity index (χ4v) is 1.98. The van der Waals surface area contributed by atoms with E-state index in [0.29, 0.717) is 5.96 Å². The lowest BCUT2D eigenvalue weighted by atomic mass is 10.4. The molecule has 0 bridgehead atoms. The minimum Gasteiger partial charge on any atom is -0.385 e. The molecule has 0 radical (unpaired) electrons. The van der Waals surface area contributed by atoms with Gasteiger partial charge >= 0.3 is 0 Å². The van der Waals surface area contributed by atoms with Gasteiger partial charge in [0, 0.05) is 39.9 Å². The van der Waals surface area contributed by atoms with E-state index in [1.165, 1.54) is 0 Å². The second-order valence-electron chi connectivity index (χ2n) is 4.56. The summed E-state index contributed by atoms with van der Waals surface area (Å²) in [4.78, 5) is 18.1. The quantitative estimate of drug-likeness (QED) is 0.394. The van der Waals surface area contributed by atoms with Gasteiger partial charge in [0.05, 0.1) is 0 Å². The van der Waals surface area contributed by atoms with Gasteiger partial charge < -0.3 is 20.3 Å². The Morgan fingerprint density at radius 1 is 1.32 bits per heavy atom. The van der Waals surface area contributed by atoms with Crippen molar-refractivity contribution in [2.75, 3.05) is 46.4 Å². The molecule has 0 aromatic heterocycles. The smallest absolute Gasteiger partial charge is 0.244 e. The van der Waals surface area contributed by atoms with Crippen LogP contribution in [0.25, 0.3) is 0 Å². The molecule has 19 heavy (non-hydrogen) atoms.